The number of aromatic nitrogens is 2. The predicted molar refractivity (Wildman–Crippen MR) is 112 cm³/mol. The van der Waals surface area contributed by atoms with Crippen molar-refractivity contribution in [3.63, 3.8) is 0 Å². The Bertz CT molecular complexity index is 916. The number of likely N-dealkylation sites (tertiary alicyclic amines) is 1. The van der Waals surface area contributed by atoms with Crippen LogP contribution in [0, 0.1) is 24.0 Å². The van der Waals surface area contributed by atoms with Crippen LogP contribution in [0.5, 0.6) is 0 Å². The summed E-state index contributed by atoms with van der Waals surface area (Å²) in [5.41, 5.74) is 1.74. The summed E-state index contributed by atoms with van der Waals surface area (Å²) in [5, 5.41) is 10.9. The summed E-state index contributed by atoms with van der Waals surface area (Å²) in [6.07, 6.45) is 4.54. The van der Waals surface area contributed by atoms with Crippen LogP contribution in [0.3, 0.4) is 0 Å². The van der Waals surface area contributed by atoms with Gasteiger partial charge >= 0.3 is 5.82 Å². The van der Waals surface area contributed by atoms with E-state index in [9.17, 15) is 19.7 Å². The molecule has 9 nitrogen and oxygen atoms in total. The first-order valence-electron chi connectivity index (χ1n) is 10.2. The first-order valence-corrected chi connectivity index (χ1v) is 10.2. The van der Waals surface area contributed by atoms with Gasteiger partial charge in [-0.1, -0.05) is 17.7 Å². The van der Waals surface area contributed by atoms with Crippen LogP contribution in [0.1, 0.15) is 37.1 Å². The maximum Gasteiger partial charge on any atom is 0.381 e. The first kappa shape index (κ1) is 21.5. The van der Waals surface area contributed by atoms with E-state index in [1.54, 1.807) is 11.5 Å². The number of rotatable bonds is 7. The van der Waals surface area contributed by atoms with Crippen molar-refractivity contribution in [1.29, 1.82) is 0 Å². The molecule has 0 unspecified atom stereocenters. The van der Waals surface area contributed by atoms with E-state index in [0.717, 1.165) is 37.9 Å². The van der Waals surface area contributed by atoms with Gasteiger partial charge in [0, 0.05) is 38.7 Å². The summed E-state index contributed by atoms with van der Waals surface area (Å²) < 4.78 is 1.59. The molecule has 0 atom stereocenters. The summed E-state index contributed by atoms with van der Waals surface area (Å²) in [6, 6.07) is 7.49. The van der Waals surface area contributed by atoms with Gasteiger partial charge in [-0.2, -0.15) is 0 Å². The number of piperidine rings is 1. The Morgan fingerprint density at radius 2 is 1.80 bits per heavy atom. The molecule has 1 aromatic carbocycles. The number of aryl methyl sites for hydroxylation is 3. The highest BCUT2D eigenvalue weighted by Crippen LogP contribution is 2.19. The molecule has 3 rings (SSSR count). The topological polar surface area (TPSA) is 102 Å². The molecule has 0 spiro atoms. The number of nitro groups is 1. The van der Waals surface area contributed by atoms with Crippen LogP contribution in [-0.4, -0.2) is 50.8 Å². The molecule has 1 aliphatic heterocycles. The lowest BCUT2D eigenvalue weighted by atomic mass is 10.1. The number of imidazole rings is 1. The molecule has 2 heterocycles. The second-order valence-electron chi connectivity index (χ2n) is 7.60. The molecule has 0 radical (unpaired) electrons. The number of carbonyl (C=O) groups excluding carboxylic acids is 2. The number of carbonyl (C=O) groups is 2. The van der Waals surface area contributed by atoms with Crippen molar-refractivity contribution >= 4 is 23.3 Å². The molecule has 0 aliphatic carbocycles. The Balaban J connectivity index is 1.73. The van der Waals surface area contributed by atoms with Gasteiger partial charge in [-0.05, 0) is 48.2 Å². The third-order valence-corrected chi connectivity index (χ3v) is 5.37. The summed E-state index contributed by atoms with van der Waals surface area (Å²) in [7, 11) is 0. The normalized spacial score (nSPS) is 13.9. The zero-order valence-corrected chi connectivity index (χ0v) is 17.4. The van der Waals surface area contributed by atoms with E-state index < -0.39 is 4.92 Å². The number of anilines is 1. The van der Waals surface area contributed by atoms with Gasteiger partial charge < -0.3 is 24.5 Å². The average Bonchev–Trinajstić information content (AvgIpc) is 3.12. The van der Waals surface area contributed by atoms with E-state index in [4.69, 9.17) is 0 Å². The number of hydrogen-bond donors (Lipinski definition) is 0. The van der Waals surface area contributed by atoms with Gasteiger partial charge in [0.25, 0.3) is 0 Å². The minimum atomic E-state index is -0.554. The smallest absolute Gasteiger partial charge is 0.358 e. The van der Waals surface area contributed by atoms with Gasteiger partial charge in [-0.3, -0.25) is 9.59 Å². The van der Waals surface area contributed by atoms with E-state index in [-0.39, 0.29) is 37.1 Å². The van der Waals surface area contributed by atoms with E-state index in [2.05, 4.69) is 4.98 Å². The van der Waals surface area contributed by atoms with Crippen molar-refractivity contribution in [2.45, 2.75) is 46.1 Å². The maximum absolute atomic E-state index is 13.1. The number of amides is 2. The number of benzene rings is 1. The lowest BCUT2D eigenvalue weighted by molar-refractivity contribution is -0.389. The van der Waals surface area contributed by atoms with Crippen LogP contribution in [0.25, 0.3) is 0 Å². The Hall–Kier alpha value is -3.23. The largest absolute Gasteiger partial charge is 0.381 e. The van der Waals surface area contributed by atoms with Crippen molar-refractivity contribution in [3.05, 3.63) is 52.0 Å². The fourth-order valence-corrected chi connectivity index (χ4v) is 3.58. The molecular weight excluding hydrogens is 386 g/mol. The second kappa shape index (κ2) is 9.51. The van der Waals surface area contributed by atoms with Crippen LogP contribution >= 0.6 is 0 Å². The van der Waals surface area contributed by atoms with E-state index >= 15 is 0 Å². The minimum absolute atomic E-state index is 0.00898. The molecule has 1 aliphatic rings. The fraction of sp³-hybridized carbons (Fsp3) is 0.476. The van der Waals surface area contributed by atoms with E-state index in [1.807, 2.05) is 36.1 Å². The van der Waals surface area contributed by atoms with E-state index in [1.165, 1.54) is 11.1 Å². The highest BCUT2D eigenvalue weighted by molar-refractivity contribution is 5.98. The summed E-state index contributed by atoms with van der Waals surface area (Å²) in [4.78, 5) is 43.4. The standard InChI is InChI=1S/C21H27N5O4/c1-16-6-8-18(9-7-16)25(15-21(28)23-11-4-3-5-12-23)20(27)10-13-24-14-19(26(29)30)22-17(24)2/h6-9,14H,3-5,10-13,15H2,1-2H3. The number of nitrogens with zero attached hydrogens (tertiary/aromatic N) is 5. The van der Waals surface area contributed by atoms with Gasteiger partial charge in [-0.25, -0.2) is 0 Å². The molecule has 0 bridgehead atoms. The summed E-state index contributed by atoms with van der Waals surface area (Å²) in [5.74, 6) is -0.0329. The van der Waals surface area contributed by atoms with Gasteiger partial charge in [-0.15, -0.1) is 0 Å². The van der Waals surface area contributed by atoms with Crippen molar-refractivity contribution in [2.75, 3.05) is 24.5 Å². The van der Waals surface area contributed by atoms with Crippen LogP contribution in [0.4, 0.5) is 11.5 Å². The molecule has 1 saturated heterocycles. The van der Waals surface area contributed by atoms with Gasteiger partial charge in [0.15, 0.2) is 0 Å². The first-order chi connectivity index (χ1) is 14.3. The highest BCUT2D eigenvalue weighted by atomic mass is 16.6. The lowest BCUT2D eigenvalue weighted by Crippen LogP contribution is -2.45. The molecule has 30 heavy (non-hydrogen) atoms. The molecule has 1 fully saturated rings. The van der Waals surface area contributed by atoms with Crippen LogP contribution in [-0.2, 0) is 16.1 Å². The zero-order chi connectivity index (χ0) is 21.7. The molecule has 0 saturated carbocycles. The van der Waals surface area contributed by atoms with Crippen molar-refractivity contribution < 1.29 is 14.5 Å². The molecule has 1 aromatic heterocycles. The lowest BCUT2D eigenvalue weighted by Gasteiger charge is -2.30. The average molecular weight is 413 g/mol. The highest BCUT2D eigenvalue weighted by Gasteiger charge is 2.24. The SMILES string of the molecule is Cc1ccc(N(CC(=O)N2CCCCC2)C(=O)CCn2cc([N+](=O)[O-])nc2C)cc1. The summed E-state index contributed by atoms with van der Waals surface area (Å²) >= 11 is 0. The van der Waals surface area contributed by atoms with Gasteiger partial charge in [0.05, 0.1) is 0 Å². The molecule has 2 aromatic rings. The van der Waals surface area contributed by atoms with Gasteiger partial charge in [0.1, 0.15) is 12.7 Å². The zero-order valence-electron chi connectivity index (χ0n) is 17.4. The predicted octanol–water partition coefficient (Wildman–Crippen LogP) is 2.84. The van der Waals surface area contributed by atoms with Gasteiger partial charge in [0.2, 0.25) is 17.6 Å². The third-order valence-electron chi connectivity index (χ3n) is 5.37. The Kier molecular flexibility index (Phi) is 6.81. The minimum Gasteiger partial charge on any atom is -0.358 e. The molecule has 0 N–H and O–H groups in total. The van der Waals surface area contributed by atoms with Crippen molar-refractivity contribution in [2.24, 2.45) is 0 Å². The summed E-state index contributed by atoms with van der Waals surface area (Å²) in [6.45, 7) is 5.33. The molecule has 2 amide bonds. The Labute approximate surface area is 175 Å². The van der Waals surface area contributed by atoms with Crippen LogP contribution in [0.2, 0.25) is 0 Å². The monoisotopic (exact) mass is 413 g/mol. The number of hydrogen-bond acceptors (Lipinski definition) is 5. The molecule has 9 heteroatoms. The van der Waals surface area contributed by atoms with E-state index in [0.29, 0.717) is 11.5 Å². The van der Waals surface area contributed by atoms with Crippen molar-refractivity contribution in [3.8, 4) is 0 Å². The second-order valence-corrected chi connectivity index (χ2v) is 7.60. The van der Waals surface area contributed by atoms with Crippen LogP contribution in [0.15, 0.2) is 30.5 Å². The quantitative estimate of drug-likeness (QED) is 0.513. The van der Waals surface area contributed by atoms with Crippen LogP contribution < -0.4 is 4.90 Å². The molecular formula is C21H27N5O4. The third kappa shape index (κ3) is 5.22. The Morgan fingerprint density at radius 1 is 1.13 bits per heavy atom. The Morgan fingerprint density at radius 3 is 2.40 bits per heavy atom. The molecule has 160 valence electrons. The van der Waals surface area contributed by atoms with Crippen molar-refractivity contribution in [1.82, 2.24) is 14.5 Å². The maximum atomic E-state index is 13.1. The fourth-order valence-electron chi connectivity index (χ4n) is 3.58.